The Morgan fingerprint density at radius 3 is 2.74 bits per heavy atom. The number of carbonyl (C=O) groups is 1. The Bertz CT molecular complexity index is 479. The van der Waals surface area contributed by atoms with Crippen molar-refractivity contribution in [3.8, 4) is 0 Å². The number of hydrogen-bond acceptors (Lipinski definition) is 4. The molecule has 0 aliphatic rings. The second-order valence-corrected chi connectivity index (χ2v) is 4.74. The van der Waals surface area contributed by atoms with Gasteiger partial charge in [-0.05, 0) is 41.4 Å². The van der Waals surface area contributed by atoms with Crippen LogP contribution in [-0.4, -0.2) is 40.5 Å². The summed E-state index contributed by atoms with van der Waals surface area (Å²) in [5.41, 5.74) is 0.138. The molecule has 0 aliphatic carbocycles. The standard InChI is InChI=1S/C12H15BrN2O4/c1-2-14(6-3-7-16)12(17)9-4-5-10(13)11(8-9)15(18)19/h4-5,8,16H,2-3,6-7H2,1H3. The highest BCUT2D eigenvalue weighted by atomic mass is 79.9. The molecule has 0 bridgehead atoms. The fourth-order valence-electron chi connectivity index (χ4n) is 1.63. The molecule has 0 radical (unpaired) electrons. The van der Waals surface area contributed by atoms with E-state index in [1.165, 1.54) is 12.1 Å². The molecule has 0 heterocycles. The Morgan fingerprint density at radius 2 is 2.21 bits per heavy atom. The molecular formula is C12H15BrN2O4. The van der Waals surface area contributed by atoms with Gasteiger partial charge in [0.1, 0.15) is 0 Å². The number of amides is 1. The highest BCUT2D eigenvalue weighted by molar-refractivity contribution is 9.10. The van der Waals surface area contributed by atoms with Crippen LogP contribution >= 0.6 is 15.9 Å². The van der Waals surface area contributed by atoms with Crippen LogP contribution in [0.5, 0.6) is 0 Å². The second-order valence-electron chi connectivity index (χ2n) is 3.89. The summed E-state index contributed by atoms with van der Waals surface area (Å²) in [6.45, 7) is 2.74. The first kappa shape index (κ1) is 15.6. The van der Waals surface area contributed by atoms with Crippen LogP contribution in [0.15, 0.2) is 22.7 Å². The van der Waals surface area contributed by atoms with Crippen molar-refractivity contribution in [2.45, 2.75) is 13.3 Å². The van der Waals surface area contributed by atoms with Gasteiger partial charge in [-0.3, -0.25) is 14.9 Å². The van der Waals surface area contributed by atoms with E-state index >= 15 is 0 Å². The first-order chi connectivity index (χ1) is 9.01. The Kier molecular flexibility index (Phi) is 5.91. The number of halogens is 1. The molecule has 0 aliphatic heterocycles. The molecule has 7 heteroatoms. The molecule has 104 valence electrons. The van der Waals surface area contributed by atoms with Crippen molar-refractivity contribution in [1.82, 2.24) is 4.90 Å². The average Bonchev–Trinajstić information content (AvgIpc) is 2.39. The highest BCUT2D eigenvalue weighted by Crippen LogP contribution is 2.26. The first-order valence-corrected chi connectivity index (χ1v) is 6.64. The Hall–Kier alpha value is -1.47. The molecular weight excluding hydrogens is 316 g/mol. The van der Waals surface area contributed by atoms with E-state index in [-0.39, 0.29) is 23.8 Å². The zero-order chi connectivity index (χ0) is 14.4. The van der Waals surface area contributed by atoms with Gasteiger partial charge in [0, 0.05) is 31.3 Å². The van der Waals surface area contributed by atoms with E-state index < -0.39 is 4.92 Å². The monoisotopic (exact) mass is 330 g/mol. The third-order valence-electron chi connectivity index (χ3n) is 2.64. The van der Waals surface area contributed by atoms with Crippen molar-refractivity contribution in [3.63, 3.8) is 0 Å². The smallest absolute Gasteiger partial charge is 0.284 e. The molecule has 0 unspecified atom stereocenters. The Labute approximate surface area is 119 Å². The van der Waals surface area contributed by atoms with E-state index in [4.69, 9.17) is 5.11 Å². The SMILES string of the molecule is CCN(CCCO)C(=O)c1ccc(Br)c([N+](=O)[O-])c1. The number of nitrogens with zero attached hydrogens (tertiary/aromatic N) is 2. The Morgan fingerprint density at radius 1 is 1.53 bits per heavy atom. The minimum absolute atomic E-state index is 0.00423. The van der Waals surface area contributed by atoms with Crippen LogP contribution < -0.4 is 0 Å². The summed E-state index contributed by atoms with van der Waals surface area (Å²) in [6, 6.07) is 4.29. The molecule has 0 aromatic heterocycles. The van der Waals surface area contributed by atoms with Gasteiger partial charge in [-0.1, -0.05) is 0 Å². The van der Waals surface area contributed by atoms with Crippen LogP contribution in [0.2, 0.25) is 0 Å². The molecule has 0 fully saturated rings. The number of benzene rings is 1. The maximum absolute atomic E-state index is 12.2. The molecule has 1 amide bonds. The number of rotatable bonds is 6. The third kappa shape index (κ3) is 4.00. The van der Waals surface area contributed by atoms with Crippen LogP contribution in [-0.2, 0) is 0 Å². The van der Waals surface area contributed by atoms with Gasteiger partial charge in [-0.15, -0.1) is 0 Å². The minimum atomic E-state index is -0.537. The van der Waals surface area contributed by atoms with E-state index in [0.717, 1.165) is 0 Å². The number of hydrogen-bond donors (Lipinski definition) is 1. The second kappa shape index (κ2) is 7.20. The number of nitro groups is 1. The van der Waals surface area contributed by atoms with Gasteiger partial charge in [0.25, 0.3) is 11.6 Å². The highest BCUT2D eigenvalue weighted by Gasteiger charge is 2.19. The fraction of sp³-hybridized carbons (Fsp3) is 0.417. The van der Waals surface area contributed by atoms with E-state index in [2.05, 4.69) is 15.9 Å². The minimum Gasteiger partial charge on any atom is -0.396 e. The number of aliphatic hydroxyl groups is 1. The molecule has 0 spiro atoms. The van der Waals surface area contributed by atoms with E-state index in [1.807, 2.05) is 6.92 Å². The van der Waals surface area contributed by atoms with Crippen molar-refractivity contribution in [2.24, 2.45) is 0 Å². The summed E-state index contributed by atoms with van der Waals surface area (Å²) in [4.78, 5) is 24.0. The summed E-state index contributed by atoms with van der Waals surface area (Å²) in [5.74, 6) is -0.272. The van der Waals surface area contributed by atoms with Crippen molar-refractivity contribution in [2.75, 3.05) is 19.7 Å². The van der Waals surface area contributed by atoms with Gasteiger partial charge in [-0.25, -0.2) is 0 Å². The lowest BCUT2D eigenvalue weighted by Gasteiger charge is -2.20. The maximum atomic E-state index is 12.2. The van der Waals surface area contributed by atoms with Crippen LogP contribution in [0.4, 0.5) is 5.69 Å². The van der Waals surface area contributed by atoms with Crippen molar-refractivity contribution in [3.05, 3.63) is 38.3 Å². The van der Waals surface area contributed by atoms with Crippen LogP contribution in [0.3, 0.4) is 0 Å². The van der Waals surface area contributed by atoms with Crippen molar-refractivity contribution in [1.29, 1.82) is 0 Å². The predicted octanol–water partition coefficient (Wildman–Crippen LogP) is 2.20. The lowest BCUT2D eigenvalue weighted by molar-refractivity contribution is -0.385. The zero-order valence-electron chi connectivity index (χ0n) is 10.5. The van der Waals surface area contributed by atoms with Gasteiger partial charge < -0.3 is 10.0 Å². The summed E-state index contributed by atoms with van der Waals surface area (Å²) in [7, 11) is 0. The maximum Gasteiger partial charge on any atom is 0.284 e. The molecule has 6 nitrogen and oxygen atoms in total. The number of aliphatic hydroxyl groups excluding tert-OH is 1. The Balaban J connectivity index is 2.98. The number of nitro benzene ring substituents is 1. The normalized spacial score (nSPS) is 10.3. The number of carbonyl (C=O) groups excluding carboxylic acids is 1. The largest absolute Gasteiger partial charge is 0.396 e. The van der Waals surface area contributed by atoms with Gasteiger partial charge in [0.2, 0.25) is 0 Å². The topological polar surface area (TPSA) is 83.7 Å². The van der Waals surface area contributed by atoms with Crippen LogP contribution in [0.25, 0.3) is 0 Å². The zero-order valence-corrected chi connectivity index (χ0v) is 12.1. The molecule has 1 aromatic carbocycles. The lowest BCUT2D eigenvalue weighted by Crippen LogP contribution is -2.32. The fourth-order valence-corrected chi connectivity index (χ4v) is 2.02. The third-order valence-corrected chi connectivity index (χ3v) is 3.32. The molecule has 0 saturated carbocycles. The predicted molar refractivity (Wildman–Crippen MR) is 74.1 cm³/mol. The molecule has 1 aromatic rings. The van der Waals surface area contributed by atoms with Gasteiger partial charge in [-0.2, -0.15) is 0 Å². The first-order valence-electron chi connectivity index (χ1n) is 5.85. The quantitative estimate of drug-likeness (QED) is 0.640. The average molecular weight is 331 g/mol. The molecule has 1 N–H and O–H groups in total. The van der Waals surface area contributed by atoms with Gasteiger partial charge >= 0.3 is 0 Å². The van der Waals surface area contributed by atoms with Gasteiger partial charge in [0.15, 0.2) is 0 Å². The molecule has 19 heavy (non-hydrogen) atoms. The van der Waals surface area contributed by atoms with E-state index in [1.54, 1.807) is 11.0 Å². The molecule has 0 saturated heterocycles. The summed E-state index contributed by atoms with van der Waals surface area (Å²) in [5, 5.41) is 19.6. The van der Waals surface area contributed by atoms with Crippen LogP contribution in [0.1, 0.15) is 23.7 Å². The van der Waals surface area contributed by atoms with E-state index in [0.29, 0.717) is 24.0 Å². The molecule has 1 rings (SSSR count). The summed E-state index contributed by atoms with van der Waals surface area (Å²) < 4.78 is 0.340. The van der Waals surface area contributed by atoms with Crippen molar-refractivity contribution < 1.29 is 14.8 Å². The summed E-state index contributed by atoms with van der Waals surface area (Å²) in [6.07, 6.45) is 0.484. The van der Waals surface area contributed by atoms with Crippen molar-refractivity contribution >= 4 is 27.5 Å². The van der Waals surface area contributed by atoms with E-state index in [9.17, 15) is 14.9 Å². The lowest BCUT2D eigenvalue weighted by atomic mass is 10.1. The van der Waals surface area contributed by atoms with Crippen LogP contribution in [0, 0.1) is 10.1 Å². The molecule has 0 atom stereocenters. The summed E-state index contributed by atoms with van der Waals surface area (Å²) >= 11 is 3.08. The van der Waals surface area contributed by atoms with Gasteiger partial charge in [0.05, 0.1) is 9.40 Å².